The van der Waals surface area contributed by atoms with Crippen LogP contribution in [-0.2, 0) is 4.74 Å². The molecule has 2 rings (SSSR count). The summed E-state index contributed by atoms with van der Waals surface area (Å²) in [5.74, 6) is -0.886. The number of carboxylic acid groups (broad SMARTS) is 1. The van der Waals surface area contributed by atoms with Gasteiger partial charge in [-0.3, -0.25) is 4.79 Å². The number of carboxylic acids is 1. The van der Waals surface area contributed by atoms with E-state index in [0.29, 0.717) is 11.3 Å². The van der Waals surface area contributed by atoms with E-state index in [9.17, 15) is 9.59 Å². The summed E-state index contributed by atoms with van der Waals surface area (Å²) in [5, 5.41) is 11.8. The van der Waals surface area contributed by atoms with Crippen LogP contribution in [0.5, 0.6) is 0 Å². The van der Waals surface area contributed by atoms with E-state index in [1.54, 1.807) is 25.1 Å². The largest absolute Gasteiger partial charge is 0.478 e. The molecule has 0 aliphatic rings. The highest BCUT2D eigenvalue weighted by Crippen LogP contribution is 2.16. The summed E-state index contributed by atoms with van der Waals surface area (Å²) < 4.78 is 10.4. The van der Waals surface area contributed by atoms with E-state index in [2.05, 4.69) is 5.32 Å². The van der Waals surface area contributed by atoms with Gasteiger partial charge in [-0.15, -0.1) is 0 Å². The molecule has 6 heteroatoms. The molecule has 0 saturated carbocycles. The van der Waals surface area contributed by atoms with Crippen molar-refractivity contribution in [2.45, 2.75) is 13.0 Å². The first-order valence-corrected chi connectivity index (χ1v) is 6.69. The second kappa shape index (κ2) is 6.91. The summed E-state index contributed by atoms with van der Waals surface area (Å²) in [7, 11) is 1.53. The Hall–Kier alpha value is -2.60. The standard InChI is InChI=1S/C16H17NO5/c1-10-6-11(8-12(7-10)16(19)20)15(18)17-13(9-21-2)14-4-3-5-22-14/h3-8,13H,9H2,1-2H3,(H,17,18)(H,19,20). The summed E-state index contributed by atoms with van der Waals surface area (Å²) in [6.07, 6.45) is 1.51. The van der Waals surface area contributed by atoms with Gasteiger partial charge in [0.15, 0.2) is 0 Å². The lowest BCUT2D eigenvalue weighted by atomic mass is 10.1. The second-order valence-corrected chi connectivity index (χ2v) is 4.89. The van der Waals surface area contributed by atoms with Crippen molar-refractivity contribution in [3.8, 4) is 0 Å². The van der Waals surface area contributed by atoms with Crippen molar-refractivity contribution in [2.24, 2.45) is 0 Å². The van der Waals surface area contributed by atoms with Gasteiger partial charge in [-0.25, -0.2) is 4.79 Å². The fourth-order valence-electron chi connectivity index (χ4n) is 2.13. The average molecular weight is 303 g/mol. The van der Waals surface area contributed by atoms with Crippen LogP contribution >= 0.6 is 0 Å². The lowest BCUT2D eigenvalue weighted by Crippen LogP contribution is -2.31. The van der Waals surface area contributed by atoms with Gasteiger partial charge in [0.2, 0.25) is 0 Å². The molecule has 0 aliphatic carbocycles. The molecule has 6 nitrogen and oxygen atoms in total. The van der Waals surface area contributed by atoms with Gasteiger partial charge in [-0.1, -0.05) is 0 Å². The van der Waals surface area contributed by atoms with Gasteiger partial charge in [-0.05, 0) is 42.8 Å². The van der Waals surface area contributed by atoms with Crippen LogP contribution in [0.1, 0.15) is 38.1 Å². The van der Waals surface area contributed by atoms with Crippen molar-refractivity contribution >= 4 is 11.9 Å². The van der Waals surface area contributed by atoms with Gasteiger partial charge < -0.3 is 19.6 Å². The number of ether oxygens (including phenoxy) is 1. The summed E-state index contributed by atoms with van der Waals surface area (Å²) in [4.78, 5) is 23.4. The van der Waals surface area contributed by atoms with Gasteiger partial charge in [0.05, 0.1) is 18.4 Å². The Morgan fingerprint density at radius 2 is 2.05 bits per heavy atom. The molecule has 1 atom stereocenters. The van der Waals surface area contributed by atoms with E-state index in [4.69, 9.17) is 14.3 Å². The van der Waals surface area contributed by atoms with Gasteiger partial charge in [0.25, 0.3) is 5.91 Å². The molecular weight excluding hydrogens is 286 g/mol. The number of methoxy groups -OCH3 is 1. The summed E-state index contributed by atoms with van der Waals surface area (Å²) >= 11 is 0. The second-order valence-electron chi connectivity index (χ2n) is 4.89. The van der Waals surface area contributed by atoms with Gasteiger partial charge in [-0.2, -0.15) is 0 Å². The monoisotopic (exact) mass is 303 g/mol. The van der Waals surface area contributed by atoms with Gasteiger partial charge in [0, 0.05) is 12.7 Å². The molecule has 116 valence electrons. The molecule has 0 spiro atoms. The number of carbonyl (C=O) groups is 2. The van der Waals surface area contributed by atoms with E-state index in [0.717, 1.165) is 0 Å². The fourth-order valence-corrected chi connectivity index (χ4v) is 2.13. The van der Waals surface area contributed by atoms with Crippen molar-refractivity contribution < 1.29 is 23.8 Å². The lowest BCUT2D eigenvalue weighted by molar-refractivity contribution is 0.0696. The maximum absolute atomic E-state index is 12.4. The van der Waals surface area contributed by atoms with Crippen LogP contribution < -0.4 is 5.32 Å². The third-order valence-electron chi connectivity index (χ3n) is 3.11. The third kappa shape index (κ3) is 3.73. The Labute approximate surface area is 127 Å². The molecule has 0 saturated heterocycles. The van der Waals surface area contributed by atoms with Crippen LogP contribution in [0.3, 0.4) is 0 Å². The van der Waals surface area contributed by atoms with E-state index in [1.165, 1.54) is 25.5 Å². The highest BCUT2D eigenvalue weighted by Gasteiger charge is 2.19. The van der Waals surface area contributed by atoms with Crippen LogP contribution in [0.2, 0.25) is 0 Å². The molecule has 1 aromatic carbocycles. The summed E-state index contributed by atoms with van der Waals surface area (Å²) in [6.45, 7) is 1.99. The number of hydrogen-bond donors (Lipinski definition) is 2. The zero-order valence-electron chi connectivity index (χ0n) is 12.3. The maximum atomic E-state index is 12.4. The number of hydrogen-bond acceptors (Lipinski definition) is 4. The highest BCUT2D eigenvalue weighted by molar-refractivity contribution is 5.98. The van der Waals surface area contributed by atoms with Crippen LogP contribution in [-0.4, -0.2) is 30.7 Å². The molecule has 2 N–H and O–H groups in total. The zero-order valence-corrected chi connectivity index (χ0v) is 12.3. The van der Waals surface area contributed by atoms with E-state index < -0.39 is 12.0 Å². The third-order valence-corrected chi connectivity index (χ3v) is 3.11. The Kier molecular flexibility index (Phi) is 4.95. The molecule has 1 amide bonds. The molecule has 0 bridgehead atoms. The van der Waals surface area contributed by atoms with Crippen molar-refractivity contribution in [3.63, 3.8) is 0 Å². The first kappa shape index (κ1) is 15.8. The Morgan fingerprint density at radius 1 is 1.32 bits per heavy atom. The minimum Gasteiger partial charge on any atom is -0.478 e. The Balaban J connectivity index is 2.22. The number of furan rings is 1. The summed E-state index contributed by atoms with van der Waals surface area (Å²) in [6, 6.07) is 7.51. The minimum absolute atomic E-state index is 0.0754. The SMILES string of the molecule is COCC(NC(=O)c1cc(C)cc(C(=O)O)c1)c1ccco1. The van der Waals surface area contributed by atoms with Crippen molar-refractivity contribution in [2.75, 3.05) is 13.7 Å². The predicted molar refractivity (Wildman–Crippen MR) is 78.9 cm³/mol. The van der Waals surface area contributed by atoms with Crippen LogP contribution in [0.4, 0.5) is 0 Å². The smallest absolute Gasteiger partial charge is 0.335 e. The quantitative estimate of drug-likeness (QED) is 0.855. The molecule has 22 heavy (non-hydrogen) atoms. The molecule has 0 radical (unpaired) electrons. The Morgan fingerprint density at radius 3 is 2.64 bits per heavy atom. The zero-order chi connectivity index (χ0) is 16.1. The van der Waals surface area contributed by atoms with Crippen LogP contribution in [0, 0.1) is 6.92 Å². The first-order valence-electron chi connectivity index (χ1n) is 6.69. The molecule has 1 heterocycles. The predicted octanol–water partition coefficient (Wildman–Crippen LogP) is 2.40. The van der Waals surface area contributed by atoms with Crippen LogP contribution in [0.15, 0.2) is 41.0 Å². The molecule has 1 aromatic heterocycles. The van der Waals surface area contributed by atoms with E-state index >= 15 is 0 Å². The molecule has 2 aromatic rings. The topological polar surface area (TPSA) is 88.8 Å². The minimum atomic E-state index is -1.07. The van der Waals surface area contributed by atoms with Crippen molar-refractivity contribution in [1.82, 2.24) is 5.32 Å². The lowest BCUT2D eigenvalue weighted by Gasteiger charge is -2.16. The number of aryl methyl sites for hydroxylation is 1. The number of aromatic carboxylic acids is 1. The van der Waals surface area contributed by atoms with Gasteiger partial charge >= 0.3 is 5.97 Å². The molecule has 0 aliphatic heterocycles. The molecule has 0 fully saturated rings. The average Bonchev–Trinajstić information content (AvgIpc) is 3.00. The molecule has 1 unspecified atom stereocenters. The Bertz CT molecular complexity index is 663. The van der Waals surface area contributed by atoms with Crippen LogP contribution in [0.25, 0.3) is 0 Å². The van der Waals surface area contributed by atoms with E-state index in [1.807, 2.05) is 0 Å². The number of carbonyl (C=O) groups excluding carboxylic acids is 1. The number of amides is 1. The van der Waals surface area contributed by atoms with Gasteiger partial charge in [0.1, 0.15) is 11.8 Å². The maximum Gasteiger partial charge on any atom is 0.335 e. The molecular formula is C16H17NO5. The number of benzene rings is 1. The first-order chi connectivity index (χ1) is 10.5. The van der Waals surface area contributed by atoms with E-state index in [-0.39, 0.29) is 23.6 Å². The number of nitrogens with one attached hydrogen (secondary N) is 1. The number of rotatable bonds is 6. The highest BCUT2D eigenvalue weighted by atomic mass is 16.5. The normalized spacial score (nSPS) is 11.9. The summed E-state index contributed by atoms with van der Waals surface area (Å²) in [5.41, 5.74) is 1.06. The fraction of sp³-hybridized carbons (Fsp3) is 0.250. The van der Waals surface area contributed by atoms with Crippen molar-refractivity contribution in [3.05, 3.63) is 59.0 Å². The van der Waals surface area contributed by atoms with Crippen molar-refractivity contribution in [1.29, 1.82) is 0 Å².